The van der Waals surface area contributed by atoms with Crippen molar-refractivity contribution in [2.24, 2.45) is 5.73 Å². The number of hydrogen-bond acceptors (Lipinski definition) is 5. The summed E-state index contributed by atoms with van der Waals surface area (Å²) in [5, 5.41) is 1.94. The normalized spacial score (nSPS) is 16.2. The predicted molar refractivity (Wildman–Crippen MR) is 103 cm³/mol. The molecule has 0 radical (unpaired) electrons. The summed E-state index contributed by atoms with van der Waals surface area (Å²) in [5.74, 6) is -1.23. The van der Waals surface area contributed by atoms with E-state index < -0.39 is 11.3 Å². The number of carbonyl (C=O) groups excluding carboxylic acids is 2. The van der Waals surface area contributed by atoms with Gasteiger partial charge in [0.2, 0.25) is 5.43 Å². The number of hydrogen-bond donors (Lipinski definition) is 1. The SMILES string of the molecule is NC(=O)c1cn2c(c(OCc3ccccc3)c1=O)C(=O)N1CCCCCN2C1. The van der Waals surface area contributed by atoms with Gasteiger partial charge in [-0.2, -0.15) is 0 Å². The van der Waals surface area contributed by atoms with E-state index in [4.69, 9.17) is 10.5 Å². The van der Waals surface area contributed by atoms with E-state index in [1.165, 1.54) is 6.20 Å². The molecule has 1 fully saturated rings. The number of amides is 2. The van der Waals surface area contributed by atoms with E-state index >= 15 is 0 Å². The van der Waals surface area contributed by atoms with Crippen molar-refractivity contribution < 1.29 is 14.3 Å². The Labute approximate surface area is 162 Å². The Balaban J connectivity index is 1.83. The molecule has 0 aliphatic carbocycles. The van der Waals surface area contributed by atoms with Crippen molar-refractivity contribution in [3.63, 3.8) is 0 Å². The number of carbonyl (C=O) groups is 2. The zero-order chi connectivity index (χ0) is 19.7. The topological polar surface area (TPSA) is 97.9 Å². The van der Waals surface area contributed by atoms with Crippen molar-refractivity contribution in [2.75, 3.05) is 24.8 Å². The van der Waals surface area contributed by atoms with E-state index in [9.17, 15) is 14.4 Å². The van der Waals surface area contributed by atoms with Gasteiger partial charge >= 0.3 is 0 Å². The van der Waals surface area contributed by atoms with Gasteiger partial charge in [0.25, 0.3) is 11.8 Å². The van der Waals surface area contributed by atoms with Crippen LogP contribution in [0.15, 0.2) is 41.3 Å². The van der Waals surface area contributed by atoms with E-state index in [1.54, 1.807) is 9.58 Å². The highest BCUT2D eigenvalue weighted by Crippen LogP contribution is 2.25. The lowest BCUT2D eigenvalue weighted by atomic mass is 10.1. The molecule has 8 heteroatoms. The molecule has 1 aromatic heterocycles. The van der Waals surface area contributed by atoms with Gasteiger partial charge in [0.15, 0.2) is 11.4 Å². The Morgan fingerprint density at radius 2 is 1.82 bits per heavy atom. The van der Waals surface area contributed by atoms with E-state index in [1.807, 2.05) is 35.3 Å². The second-order valence-corrected chi connectivity index (χ2v) is 7.03. The fraction of sp³-hybridized carbons (Fsp3) is 0.350. The number of rotatable bonds is 4. The molecule has 2 aromatic rings. The van der Waals surface area contributed by atoms with Crippen LogP contribution < -0.4 is 20.9 Å². The van der Waals surface area contributed by atoms with E-state index in [0.29, 0.717) is 19.8 Å². The van der Waals surface area contributed by atoms with Gasteiger partial charge in [-0.15, -0.1) is 0 Å². The maximum atomic E-state index is 13.1. The molecule has 8 nitrogen and oxygen atoms in total. The van der Waals surface area contributed by atoms with Gasteiger partial charge in [-0.25, -0.2) is 0 Å². The van der Waals surface area contributed by atoms with Crippen LogP contribution in [0.25, 0.3) is 0 Å². The lowest BCUT2D eigenvalue weighted by molar-refractivity contribution is 0.0668. The molecule has 2 aliphatic heterocycles. The summed E-state index contributed by atoms with van der Waals surface area (Å²) in [7, 11) is 0. The number of primary amides is 1. The quantitative estimate of drug-likeness (QED) is 0.853. The number of nitrogens with two attached hydrogens (primary N) is 1. The molecule has 0 unspecified atom stereocenters. The van der Waals surface area contributed by atoms with Crippen LogP contribution in [-0.2, 0) is 6.61 Å². The maximum Gasteiger partial charge on any atom is 0.277 e. The Kier molecular flexibility index (Phi) is 4.77. The summed E-state index contributed by atoms with van der Waals surface area (Å²) in [6.07, 6.45) is 4.26. The second-order valence-electron chi connectivity index (χ2n) is 7.03. The summed E-state index contributed by atoms with van der Waals surface area (Å²) < 4.78 is 7.38. The highest BCUT2D eigenvalue weighted by molar-refractivity contribution is 5.99. The van der Waals surface area contributed by atoms with Crippen molar-refractivity contribution in [1.29, 1.82) is 0 Å². The van der Waals surface area contributed by atoms with Crippen LogP contribution in [0.1, 0.15) is 45.7 Å². The van der Waals surface area contributed by atoms with Crippen molar-refractivity contribution in [3.05, 3.63) is 63.6 Å². The van der Waals surface area contributed by atoms with Crippen molar-refractivity contribution in [3.8, 4) is 5.75 Å². The molecule has 1 saturated heterocycles. The molecule has 0 spiro atoms. The van der Waals surface area contributed by atoms with Crippen LogP contribution in [0.2, 0.25) is 0 Å². The summed E-state index contributed by atoms with van der Waals surface area (Å²) in [5.41, 5.74) is 5.59. The molecule has 2 bridgehead atoms. The zero-order valence-corrected chi connectivity index (χ0v) is 15.5. The molecular formula is C20H22N4O4. The first-order valence-electron chi connectivity index (χ1n) is 9.37. The molecule has 4 rings (SSSR count). The minimum absolute atomic E-state index is 0.110. The van der Waals surface area contributed by atoms with Crippen LogP contribution in [0.4, 0.5) is 0 Å². The predicted octanol–water partition coefficient (Wildman–Crippen LogP) is 1.06. The average molecular weight is 382 g/mol. The molecular weight excluding hydrogens is 360 g/mol. The number of pyridine rings is 1. The molecule has 0 saturated carbocycles. The number of aromatic nitrogens is 1. The van der Waals surface area contributed by atoms with Crippen LogP contribution in [0.5, 0.6) is 5.75 Å². The highest BCUT2D eigenvalue weighted by Gasteiger charge is 2.35. The third-order valence-electron chi connectivity index (χ3n) is 5.11. The van der Waals surface area contributed by atoms with E-state index in [-0.39, 0.29) is 29.5 Å². The van der Waals surface area contributed by atoms with Crippen LogP contribution in [0, 0.1) is 0 Å². The molecule has 0 atom stereocenters. The fourth-order valence-corrected chi connectivity index (χ4v) is 3.64. The summed E-state index contributed by atoms with van der Waals surface area (Å²) in [6, 6.07) is 9.33. The van der Waals surface area contributed by atoms with Crippen LogP contribution in [-0.4, -0.2) is 41.1 Å². The fourth-order valence-electron chi connectivity index (χ4n) is 3.64. The van der Waals surface area contributed by atoms with Gasteiger partial charge in [0.05, 0.1) is 0 Å². The van der Waals surface area contributed by atoms with E-state index in [2.05, 4.69) is 0 Å². The molecule has 2 N–H and O–H groups in total. The van der Waals surface area contributed by atoms with Crippen molar-refractivity contribution >= 4 is 11.8 Å². The third-order valence-corrected chi connectivity index (χ3v) is 5.11. The minimum atomic E-state index is -0.841. The van der Waals surface area contributed by atoms with Gasteiger partial charge in [0.1, 0.15) is 18.8 Å². The number of benzene rings is 1. The van der Waals surface area contributed by atoms with Gasteiger partial charge in [-0.05, 0) is 24.8 Å². The summed E-state index contributed by atoms with van der Waals surface area (Å²) >= 11 is 0. The number of nitrogens with zero attached hydrogens (tertiary/aromatic N) is 3. The van der Waals surface area contributed by atoms with Crippen molar-refractivity contribution in [2.45, 2.75) is 25.9 Å². The smallest absolute Gasteiger partial charge is 0.277 e. The lowest BCUT2D eigenvalue weighted by Crippen LogP contribution is -2.56. The van der Waals surface area contributed by atoms with E-state index in [0.717, 1.165) is 24.8 Å². The Hall–Kier alpha value is -3.29. The van der Waals surface area contributed by atoms with Gasteiger partial charge < -0.3 is 15.4 Å². The number of ether oxygens (including phenoxy) is 1. The lowest BCUT2D eigenvalue weighted by Gasteiger charge is -2.41. The van der Waals surface area contributed by atoms with Crippen molar-refractivity contribution in [1.82, 2.24) is 9.58 Å². The summed E-state index contributed by atoms with van der Waals surface area (Å²) in [4.78, 5) is 39.6. The molecule has 146 valence electrons. The monoisotopic (exact) mass is 382 g/mol. The van der Waals surface area contributed by atoms with Gasteiger partial charge in [0, 0.05) is 19.3 Å². The first-order chi connectivity index (χ1) is 13.6. The Morgan fingerprint density at radius 1 is 1.07 bits per heavy atom. The van der Waals surface area contributed by atoms with Gasteiger partial charge in [-0.1, -0.05) is 30.3 Å². The molecule has 1 aromatic carbocycles. The molecule has 2 aliphatic rings. The van der Waals surface area contributed by atoms with Crippen LogP contribution in [0.3, 0.4) is 0 Å². The van der Waals surface area contributed by atoms with Gasteiger partial charge in [-0.3, -0.25) is 24.1 Å². The zero-order valence-electron chi connectivity index (χ0n) is 15.5. The maximum absolute atomic E-state index is 13.1. The standard InChI is InChI=1S/C20H22N4O4/c21-19(26)15-11-24-16(20(27)22-9-5-2-6-10-23(24)13-22)18(17(15)25)28-12-14-7-3-1-4-8-14/h1,3-4,7-8,11H,2,5-6,9-10,12-13H2,(H2,21,26). The Morgan fingerprint density at radius 3 is 2.57 bits per heavy atom. The largest absolute Gasteiger partial charge is 0.482 e. The number of fused-ring (bicyclic) bond motifs is 4. The first-order valence-corrected chi connectivity index (χ1v) is 9.37. The molecule has 3 heterocycles. The average Bonchev–Trinajstić information content (AvgIpc) is 2.67. The van der Waals surface area contributed by atoms with Crippen LogP contribution >= 0.6 is 0 Å². The first kappa shape index (κ1) is 18.1. The minimum Gasteiger partial charge on any atom is -0.482 e. The molecule has 28 heavy (non-hydrogen) atoms. The Bertz CT molecular complexity index is 970. The highest BCUT2D eigenvalue weighted by atomic mass is 16.5. The summed E-state index contributed by atoms with van der Waals surface area (Å²) in [6.45, 7) is 1.85. The third kappa shape index (κ3) is 3.21. The molecule has 2 amide bonds. The second kappa shape index (κ2) is 7.38.